The van der Waals surface area contributed by atoms with Gasteiger partial charge in [0.15, 0.2) is 0 Å². The normalized spacial score (nSPS) is 11.2. The van der Waals surface area contributed by atoms with Gasteiger partial charge in [0, 0.05) is 32.9 Å². The molecule has 150 valence electrons. The maximum absolute atomic E-state index is 12.1. The van der Waals surface area contributed by atoms with Crippen molar-refractivity contribution in [3.05, 3.63) is 87.1 Å². The van der Waals surface area contributed by atoms with Crippen LogP contribution in [-0.4, -0.2) is 22.4 Å². The van der Waals surface area contributed by atoms with Crippen molar-refractivity contribution in [3.63, 3.8) is 0 Å². The summed E-state index contributed by atoms with van der Waals surface area (Å²) >= 11 is 5.24. The van der Waals surface area contributed by atoms with E-state index in [1.165, 1.54) is 11.1 Å². The molecule has 0 radical (unpaired) electrons. The number of aromatic nitrogens is 1. The van der Waals surface area contributed by atoms with E-state index < -0.39 is 0 Å². The third-order valence-electron chi connectivity index (χ3n) is 4.63. The number of amides is 1. The first-order valence-corrected chi connectivity index (χ1v) is 11.3. The van der Waals surface area contributed by atoms with E-state index in [1.54, 1.807) is 18.0 Å². The fourth-order valence-corrected chi connectivity index (χ4v) is 4.44. The predicted molar refractivity (Wildman–Crippen MR) is 126 cm³/mol. The number of hydrogen-bond donors (Lipinski definition) is 1. The minimum atomic E-state index is -0.106. The van der Waals surface area contributed by atoms with E-state index in [0.717, 1.165) is 32.9 Å². The Balaban J connectivity index is 1.62. The van der Waals surface area contributed by atoms with Gasteiger partial charge in [-0.3, -0.25) is 4.79 Å². The maximum atomic E-state index is 12.1. The molecule has 1 N–H and O–H groups in total. The molecule has 0 aliphatic heterocycles. The third-order valence-corrected chi connectivity index (χ3v) is 6.64. The highest BCUT2D eigenvalue weighted by atomic mass is 79.9. The van der Waals surface area contributed by atoms with Gasteiger partial charge in [0.1, 0.15) is 0 Å². The van der Waals surface area contributed by atoms with Gasteiger partial charge in [-0.25, -0.2) is 5.43 Å². The predicted octanol–water partition coefficient (Wildman–Crippen LogP) is 5.55. The molecule has 0 atom stereocenters. The van der Waals surface area contributed by atoms with Crippen molar-refractivity contribution in [2.45, 2.75) is 26.5 Å². The number of rotatable bonds is 7. The molecule has 3 aromatic rings. The summed E-state index contributed by atoms with van der Waals surface area (Å²) in [6, 6.07) is 18.5. The van der Waals surface area contributed by atoms with Crippen LogP contribution in [0.1, 0.15) is 28.1 Å². The standard InChI is InChI=1S/C23H24BrN3OS/c1-16-9-11-20(12-10-16)27-17(2)21(23(24)18(27)3)13-25-26-22(28)15-29-14-19-7-5-4-6-8-19/h4-13H,14-15H2,1-3H3,(H,26,28)/b25-13-. The largest absolute Gasteiger partial charge is 0.317 e. The van der Waals surface area contributed by atoms with Gasteiger partial charge in [0.25, 0.3) is 0 Å². The first kappa shape index (κ1) is 21.4. The lowest BCUT2D eigenvalue weighted by Crippen LogP contribution is -2.19. The molecule has 0 aliphatic rings. The number of nitrogens with one attached hydrogen (secondary N) is 1. The number of benzene rings is 2. The number of aryl methyl sites for hydroxylation is 1. The van der Waals surface area contributed by atoms with E-state index in [9.17, 15) is 4.79 Å². The van der Waals surface area contributed by atoms with Crippen molar-refractivity contribution in [1.29, 1.82) is 0 Å². The van der Waals surface area contributed by atoms with E-state index in [2.05, 4.69) is 88.2 Å². The molecule has 6 heteroatoms. The smallest absolute Gasteiger partial charge is 0.250 e. The molecule has 0 unspecified atom stereocenters. The topological polar surface area (TPSA) is 46.4 Å². The van der Waals surface area contributed by atoms with E-state index >= 15 is 0 Å². The van der Waals surface area contributed by atoms with E-state index in [1.807, 2.05) is 18.2 Å². The van der Waals surface area contributed by atoms with Crippen LogP contribution < -0.4 is 5.43 Å². The van der Waals surface area contributed by atoms with E-state index in [-0.39, 0.29) is 5.91 Å². The fraction of sp³-hybridized carbons (Fsp3) is 0.217. The number of carbonyl (C=O) groups excluding carboxylic acids is 1. The van der Waals surface area contributed by atoms with Gasteiger partial charge < -0.3 is 4.57 Å². The Morgan fingerprint density at radius 2 is 1.76 bits per heavy atom. The van der Waals surface area contributed by atoms with Crippen molar-refractivity contribution in [2.75, 3.05) is 5.75 Å². The summed E-state index contributed by atoms with van der Waals surface area (Å²) in [6.07, 6.45) is 1.71. The SMILES string of the molecule is Cc1ccc(-n2c(C)c(Br)c(/C=N\NC(=O)CSCc3ccccc3)c2C)cc1. The van der Waals surface area contributed by atoms with Crippen molar-refractivity contribution >= 4 is 39.8 Å². The molecule has 0 fully saturated rings. The van der Waals surface area contributed by atoms with Crippen LogP contribution in [0.4, 0.5) is 0 Å². The number of carbonyl (C=O) groups is 1. The highest BCUT2D eigenvalue weighted by molar-refractivity contribution is 9.10. The molecule has 0 spiro atoms. The molecular formula is C23H24BrN3OS. The molecule has 0 saturated carbocycles. The molecule has 3 rings (SSSR count). The van der Waals surface area contributed by atoms with Crippen LogP contribution in [0.2, 0.25) is 0 Å². The summed E-state index contributed by atoms with van der Waals surface area (Å²) in [6.45, 7) is 6.19. The summed E-state index contributed by atoms with van der Waals surface area (Å²) < 4.78 is 3.16. The number of hydrazone groups is 1. The Hall–Kier alpha value is -2.31. The molecule has 29 heavy (non-hydrogen) atoms. The van der Waals surface area contributed by atoms with Crippen molar-refractivity contribution < 1.29 is 4.79 Å². The zero-order valence-electron chi connectivity index (χ0n) is 16.8. The van der Waals surface area contributed by atoms with Gasteiger partial charge in [-0.05, 0) is 54.4 Å². The first-order chi connectivity index (χ1) is 14.0. The summed E-state index contributed by atoms with van der Waals surface area (Å²) in [5.41, 5.74) is 9.29. The molecule has 0 saturated heterocycles. The Morgan fingerprint density at radius 1 is 1.07 bits per heavy atom. The molecule has 0 bridgehead atoms. The van der Waals surface area contributed by atoms with E-state index in [4.69, 9.17) is 0 Å². The monoisotopic (exact) mass is 469 g/mol. The lowest BCUT2D eigenvalue weighted by Gasteiger charge is -2.09. The maximum Gasteiger partial charge on any atom is 0.250 e. The second-order valence-electron chi connectivity index (χ2n) is 6.84. The minimum Gasteiger partial charge on any atom is -0.317 e. The highest BCUT2D eigenvalue weighted by Crippen LogP contribution is 2.29. The number of hydrogen-bond acceptors (Lipinski definition) is 3. The van der Waals surface area contributed by atoms with Crippen LogP contribution in [0.15, 0.2) is 64.2 Å². The van der Waals surface area contributed by atoms with Gasteiger partial charge in [-0.15, -0.1) is 11.8 Å². The second kappa shape index (κ2) is 9.94. The number of nitrogens with zero attached hydrogens (tertiary/aromatic N) is 2. The molecule has 1 heterocycles. The minimum absolute atomic E-state index is 0.106. The molecular weight excluding hydrogens is 446 g/mol. The average molecular weight is 470 g/mol. The Morgan fingerprint density at radius 3 is 2.45 bits per heavy atom. The quantitative estimate of drug-likeness (QED) is 0.364. The Bertz CT molecular complexity index is 1010. The van der Waals surface area contributed by atoms with Crippen molar-refractivity contribution in [1.82, 2.24) is 9.99 Å². The van der Waals surface area contributed by atoms with Crippen LogP contribution in [0.25, 0.3) is 5.69 Å². The van der Waals surface area contributed by atoms with Gasteiger partial charge in [0.05, 0.1) is 12.0 Å². The summed E-state index contributed by atoms with van der Waals surface area (Å²) in [7, 11) is 0. The van der Waals surface area contributed by atoms with Crippen LogP contribution in [-0.2, 0) is 10.5 Å². The summed E-state index contributed by atoms with van der Waals surface area (Å²) in [5.74, 6) is 1.07. The Labute approximate surface area is 184 Å². The molecule has 1 aromatic heterocycles. The van der Waals surface area contributed by atoms with Crippen LogP contribution >= 0.6 is 27.7 Å². The van der Waals surface area contributed by atoms with Crippen LogP contribution in [0.3, 0.4) is 0 Å². The first-order valence-electron chi connectivity index (χ1n) is 9.35. The highest BCUT2D eigenvalue weighted by Gasteiger charge is 2.15. The zero-order chi connectivity index (χ0) is 20.8. The summed E-state index contributed by atoms with van der Waals surface area (Å²) in [5, 5.41) is 4.17. The lowest BCUT2D eigenvalue weighted by atomic mass is 10.2. The fourth-order valence-electron chi connectivity index (χ4n) is 3.09. The van der Waals surface area contributed by atoms with Crippen molar-refractivity contribution in [2.24, 2.45) is 5.10 Å². The van der Waals surface area contributed by atoms with Gasteiger partial charge in [-0.2, -0.15) is 5.10 Å². The summed E-state index contributed by atoms with van der Waals surface area (Å²) in [4.78, 5) is 12.1. The van der Waals surface area contributed by atoms with Crippen LogP contribution in [0, 0.1) is 20.8 Å². The molecule has 1 amide bonds. The van der Waals surface area contributed by atoms with Gasteiger partial charge in [-0.1, -0.05) is 48.0 Å². The third kappa shape index (κ3) is 5.40. The van der Waals surface area contributed by atoms with Crippen molar-refractivity contribution in [3.8, 4) is 5.69 Å². The molecule has 4 nitrogen and oxygen atoms in total. The number of thioether (sulfide) groups is 1. The molecule has 0 aliphatic carbocycles. The lowest BCUT2D eigenvalue weighted by molar-refractivity contribution is -0.118. The zero-order valence-corrected chi connectivity index (χ0v) is 19.2. The Kier molecular flexibility index (Phi) is 7.34. The molecule has 2 aromatic carbocycles. The number of halogens is 1. The van der Waals surface area contributed by atoms with Gasteiger partial charge >= 0.3 is 0 Å². The van der Waals surface area contributed by atoms with Gasteiger partial charge in [0.2, 0.25) is 5.91 Å². The van der Waals surface area contributed by atoms with Crippen LogP contribution in [0.5, 0.6) is 0 Å². The average Bonchev–Trinajstić information content (AvgIpc) is 2.93. The van der Waals surface area contributed by atoms with E-state index in [0.29, 0.717) is 5.75 Å². The second-order valence-corrected chi connectivity index (χ2v) is 8.62.